The van der Waals surface area contributed by atoms with Crippen LogP contribution in [0.3, 0.4) is 0 Å². The van der Waals surface area contributed by atoms with Crippen molar-refractivity contribution in [3.8, 4) is 11.3 Å². The van der Waals surface area contributed by atoms with Gasteiger partial charge in [-0.1, -0.05) is 28.9 Å². The molecular weight excluding hydrogens is 230 g/mol. The maximum absolute atomic E-state index is 10.9. The van der Waals surface area contributed by atoms with Crippen molar-refractivity contribution < 1.29 is 9.90 Å². The van der Waals surface area contributed by atoms with Crippen molar-refractivity contribution in [1.82, 2.24) is 15.0 Å². The zero-order valence-corrected chi connectivity index (χ0v) is 9.14. The molecular formula is C10H8ClN3O2. The zero-order valence-electron chi connectivity index (χ0n) is 8.38. The Morgan fingerprint density at radius 3 is 2.56 bits per heavy atom. The second-order valence-electron chi connectivity index (χ2n) is 3.22. The van der Waals surface area contributed by atoms with Crippen molar-refractivity contribution in [3.05, 3.63) is 35.0 Å². The molecule has 0 radical (unpaired) electrons. The number of aromatic nitrogens is 3. The SMILES string of the molecule is Cn1nnc(C(=O)O)c1-c1ccc(Cl)cc1. The second kappa shape index (κ2) is 3.94. The van der Waals surface area contributed by atoms with E-state index in [1.54, 1.807) is 31.3 Å². The highest BCUT2D eigenvalue weighted by atomic mass is 35.5. The van der Waals surface area contributed by atoms with Crippen molar-refractivity contribution in [2.24, 2.45) is 7.05 Å². The molecule has 82 valence electrons. The van der Waals surface area contributed by atoms with E-state index >= 15 is 0 Å². The lowest BCUT2D eigenvalue weighted by Crippen LogP contribution is -2.01. The molecule has 1 heterocycles. The maximum atomic E-state index is 10.9. The third-order valence-corrected chi connectivity index (χ3v) is 2.40. The van der Waals surface area contributed by atoms with Gasteiger partial charge >= 0.3 is 5.97 Å². The van der Waals surface area contributed by atoms with Gasteiger partial charge in [-0.2, -0.15) is 0 Å². The quantitative estimate of drug-likeness (QED) is 0.865. The van der Waals surface area contributed by atoms with E-state index in [9.17, 15) is 4.79 Å². The molecule has 0 atom stereocenters. The molecule has 2 aromatic rings. The average molecular weight is 238 g/mol. The number of halogens is 1. The minimum absolute atomic E-state index is 0.0650. The lowest BCUT2D eigenvalue weighted by Gasteiger charge is -2.02. The first kappa shape index (κ1) is 10.6. The summed E-state index contributed by atoms with van der Waals surface area (Å²) in [6.45, 7) is 0. The summed E-state index contributed by atoms with van der Waals surface area (Å²) in [6.07, 6.45) is 0. The number of rotatable bonds is 2. The molecule has 5 nitrogen and oxygen atoms in total. The number of benzene rings is 1. The first-order valence-corrected chi connectivity index (χ1v) is 4.86. The van der Waals surface area contributed by atoms with Crippen molar-refractivity contribution in [3.63, 3.8) is 0 Å². The van der Waals surface area contributed by atoms with Gasteiger partial charge in [0.2, 0.25) is 0 Å². The van der Waals surface area contributed by atoms with E-state index in [2.05, 4.69) is 10.3 Å². The summed E-state index contributed by atoms with van der Waals surface area (Å²) in [7, 11) is 1.64. The molecule has 0 aliphatic rings. The summed E-state index contributed by atoms with van der Waals surface area (Å²) in [5.41, 5.74) is 1.11. The number of carboxylic acid groups (broad SMARTS) is 1. The fourth-order valence-corrected chi connectivity index (χ4v) is 1.56. The van der Waals surface area contributed by atoms with Crippen LogP contribution in [0.2, 0.25) is 5.02 Å². The Kier molecular flexibility index (Phi) is 2.62. The number of nitrogens with zero attached hydrogens (tertiary/aromatic N) is 3. The Morgan fingerprint density at radius 2 is 2.00 bits per heavy atom. The minimum atomic E-state index is -1.10. The number of hydrogen-bond acceptors (Lipinski definition) is 3. The smallest absolute Gasteiger partial charge is 0.358 e. The van der Waals surface area contributed by atoms with Crippen LogP contribution in [0.25, 0.3) is 11.3 Å². The summed E-state index contributed by atoms with van der Waals surface area (Å²) in [4.78, 5) is 10.9. The lowest BCUT2D eigenvalue weighted by molar-refractivity contribution is 0.0691. The van der Waals surface area contributed by atoms with Crippen LogP contribution in [0, 0.1) is 0 Å². The molecule has 1 aromatic carbocycles. The number of carbonyl (C=O) groups is 1. The van der Waals surface area contributed by atoms with Gasteiger partial charge in [-0.05, 0) is 12.1 Å². The highest BCUT2D eigenvalue weighted by Crippen LogP contribution is 2.23. The third-order valence-electron chi connectivity index (χ3n) is 2.15. The molecule has 2 rings (SSSR count). The minimum Gasteiger partial charge on any atom is -0.476 e. The Morgan fingerprint density at radius 1 is 1.38 bits per heavy atom. The zero-order chi connectivity index (χ0) is 11.7. The number of carboxylic acids is 1. The molecule has 0 amide bonds. The van der Waals surface area contributed by atoms with Gasteiger partial charge < -0.3 is 5.11 Å². The van der Waals surface area contributed by atoms with Crippen LogP contribution in [-0.2, 0) is 7.05 Å². The fourth-order valence-electron chi connectivity index (χ4n) is 1.43. The number of aryl methyl sites for hydroxylation is 1. The lowest BCUT2D eigenvalue weighted by atomic mass is 10.1. The average Bonchev–Trinajstić information content (AvgIpc) is 2.62. The Hall–Kier alpha value is -1.88. The molecule has 0 saturated carbocycles. The second-order valence-corrected chi connectivity index (χ2v) is 3.66. The van der Waals surface area contributed by atoms with Crippen molar-refractivity contribution in [2.45, 2.75) is 0 Å². The van der Waals surface area contributed by atoms with Gasteiger partial charge in [0.1, 0.15) is 5.69 Å². The Bertz CT molecular complexity index is 533. The molecule has 0 fully saturated rings. The predicted molar refractivity (Wildman–Crippen MR) is 58.4 cm³/mol. The largest absolute Gasteiger partial charge is 0.476 e. The van der Waals surface area contributed by atoms with Gasteiger partial charge in [-0.25, -0.2) is 9.48 Å². The van der Waals surface area contributed by atoms with Crippen LogP contribution in [0.1, 0.15) is 10.5 Å². The van der Waals surface area contributed by atoms with E-state index in [1.165, 1.54) is 4.68 Å². The fraction of sp³-hybridized carbons (Fsp3) is 0.100. The van der Waals surface area contributed by atoms with E-state index in [-0.39, 0.29) is 5.69 Å². The van der Waals surface area contributed by atoms with Crippen molar-refractivity contribution in [2.75, 3.05) is 0 Å². The summed E-state index contributed by atoms with van der Waals surface area (Å²) < 4.78 is 1.42. The molecule has 0 aliphatic heterocycles. The molecule has 6 heteroatoms. The van der Waals surface area contributed by atoms with Gasteiger partial charge in [-0.15, -0.1) is 5.10 Å². The molecule has 0 bridgehead atoms. The van der Waals surface area contributed by atoms with Gasteiger partial charge in [0.05, 0.1) is 0 Å². The molecule has 0 spiro atoms. The van der Waals surface area contributed by atoms with Crippen LogP contribution < -0.4 is 0 Å². The molecule has 16 heavy (non-hydrogen) atoms. The monoisotopic (exact) mass is 237 g/mol. The van der Waals surface area contributed by atoms with E-state index in [0.717, 1.165) is 0 Å². The summed E-state index contributed by atoms with van der Waals surface area (Å²) in [5, 5.41) is 16.8. The number of aromatic carboxylic acids is 1. The maximum Gasteiger partial charge on any atom is 0.358 e. The van der Waals surface area contributed by atoms with Crippen LogP contribution in [-0.4, -0.2) is 26.1 Å². The van der Waals surface area contributed by atoms with E-state index in [4.69, 9.17) is 16.7 Å². The first-order chi connectivity index (χ1) is 7.59. The van der Waals surface area contributed by atoms with E-state index in [1.807, 2.05) is 0 Å². The Balaban J connectivity index is 2.58. The van der Waals surface area contributed by atoms with Crippen LogP contribution in [0.4, 0.5) is 0 Å². The standard InChI is InChI=1S/C10H8ClN3O2/c1-14-9(8(10(15)16)12-13-14)6-2-4-7(11)5-3-6/h2-5H,1H3,(H,15,16). The van der Waals surface area contributed by atoms with E-state index < -0.39 is 5.97 Å². The van der Waals surface area contributed by atoms with Crippen LogP contribution in [0.15, 0.2) is 24.3 Å². The van der Waals surface area contributed by atoms with E-state index in [0.29, 0.717) is 16.3 Å². The summed E-state index contributed by atoms with van der Waals surface area (Å²) in [6, 6.07) is 6.84. The normalized spacial score (nSPS) is 10.4. The molecule has 1 N–H and O–H groups in total. The first-order valence-electron chi connectivity index (χ1n) is 4.48. The van der Waals surface area contributed by atoms with Gasteiger partial charge in [0, 0.05) is 17.6 Å². The molecule has 1 aromatic heterocycles. The topological polar surface area (TPSA) is 68.0 Å². The summed E-state index contributed by atoms with van der Waals surface area (Å²) in [5.74, 6) is -1.10. The molecule has 0 aliphatic carbocycles. The molecule has 0 saturated heterocycles. The highest BCUT2D eigenvalue weighted by molar-refractivity contribution is 6.30. The van der Waals surface area contributed by atoms with Gasteiger partial charge in [0.25, 0.3) is 0 Å². The third kappa shape index (κ3) is 1.77. The van der Waals surface area contributed by atoms with Crippen molar-refractivity contribution >= 4 is 17.6 Å². The van der Waals surface area contributed by atoms with Crippen LogP contribution >= 0.6 is 11.6 Å². The van der Waals surface area contributed by atoms with Gasteiger partial charge in [0.15, 0.2) is 5.69 Å². The van der Waals surface area contributed by atoms with Gasteiger partial charge in [-0.3, -0.25) is 0 Å². The summed E-state index contributed by atoms with van der Waals surface area (Å²) >= 11 is 5.76. The molecule has 0 unspecified atom stereocenters. The predicted octanol–water partition coefficient (Wildman–Crippen LogP) is 1.83. The van der Waals surface area contributed by atoms with Crippen molar-refractivity contribution in [1.29, 1.82) is 0 Å². The Labute approximate surface area is 96.3 Å². The van der Waals surface area contributed by atoms with Crippen LogP contribution in [0.5, 0.6) is 0 Å². The highest BCUT2D eigenvalue weighted by Gasteiger charge is 2.18. The number of hydrogen-bond donors (Lipinski definition) is 1.